The minimum absolute atomic E-state index is 0.178. The number of amides is 2. The lowest BCUT2D eigenvalue weighted by atomic mass is 10.2. The molecule has 2 rings (SSSR count). The maximum atomic E-state index is 12.8. The van der Waals surface area contributed by atoms with Crippen molar-refractivity contribution in [3.8, 4) is 0 Å². The minimum Gasteiger partial charge on any atom is -0.324 e. The molecule has 22 heavy (non-hydrogen) atoms. The molecule has 0 saturated heterocycles. The highest BCUT2D eigenvalue weighted by Crippen LogP contribution is 2.25. The summed E-state index contributed by atoms with van der Waals surface area (Å²) in [4.78, 5) is 23.3. The quantitative estimate of drug-likeness (QED) is 0.809. The summed E-state index contributed by atoms with van der Waals surface area (Å²) in [5, 5.41) is 5.48. The first kappa shape index (κ1) is 15.9. The molecule has 2 aromatic rings. The summed E-state index contributed by atoms with van der Waals surface area (Å²) in [5.74, 6) is -1.22. The van der Waals surface area contributed by atoms with Gasteiger partial charge in [0.15, 0.2) is 0 Å². The van der Waals surface area contributed by atoms with Crippen molar-refractivity contribution in [1.29, 1.82) is 0 Å². The Morgan fingerprint density at radius 1 is 1.09 bits per heavy atom. The van der Waals surface area contributed by atoms with Gasteiger partial charge in [-0.2, -0.15) is 0 Å². The van der Waals surface area contributed by atoms with E-state index in [9.17, 15) is 14.0 Å². The highest BCUT2D eigenvalue weighted by atomic mass is 35.5. The number of halogens is 2. The number of rotatable bonds is 4. The van der Waals surface area contributed by atoms with Crippen molar-refractivity contribution in [2.45, 2.75) is 0 Å². The fourth-order valence-corrected chi connectivity index (χ4v) is 1.87. The Morgan fingerprint density at radius 2 is 1.77 bits per heavy atom. The molecule has 0 fully saturated rings. The lowest BCUT2D eigenvalue weighted by Crippen LogP contribution is -2.22. The van der Waals surface area contributed by atoms with Gasteiger partial charge in [0, 0.05) is 11.3 Å². The van der Waals surface area contributed by atoms with Crippen molar-refractivity contribution in [3.05, 3.63) is 58.9 Å². The van der Waals surface area contributed by atoms with Crippen molar-refractivity contribution in [1.82, 2.24) is 0 Å². The molecule has 7 heteroatoms. The second-order valence-electron chi connectivity index (χ2n) is 4.41. The average Bonchev–Trinajstić information content (AvgIpc) is 2.51. The third-order valence-corrected chi connectivity index (χ3v) is 3.12. The predicted molar refractivity (Wildman–Crippen MR) is 83.5 cm³/mol. The van der Waals surface area contributed by atoms with Crippen LogP contribution in [0.5, 0.6) is 0 Å². The van der Waals surface area contributed by atoms with Crippen LogP contribution < -0.4 is 16.4 Å². The molecule has 0 saturated carbocycles. The number of nitrogens with one attached hydrogen (secondary N) is 2. The van der Waals surface area contributed by atoms with Crippen LogP contribution in [-0.4, -0.2) is 18.4 Å². The molecule has 0 unspecified atom stereocenters. The Hall–Kier alpha value is -2.44. The fourth-order valence-electron chi connectivity index (χ4n) is 1.70. The fraction of sp³-hybridized carbons (Fsp3) is 0.0667. The van der Waals surface area contributed by atoms with E-state index in [4.69, 9.17) is 17.3 Å². The van der Waals surface area contributed by atoms with Gasteiger partial charge in [-0.25, -0.2) is 4.39 Å². The lowest BCUT2D eigenvalue weighted by molar-refractivity contribution is -0.114. The first-order chi connectivity index (χ1) is 10.5. The van der Waals surface area contributed by atoms with Gasteiger partial charge in [0.05, 0.1) is 17.3 Å². The number of hydrogen-bond acceptors (Lipinski definition) is 3. The van der Waals surface area contributed by atoms with Crippen molar-refractivity contribution in [2.75, 3.05) is 17.2 Å². The summed E-state index contributed by atoms with van der Waals surface area (Å²) in [6, 6.07) is 9.77. The topological polar surface area (TPSA) is 84.2 Å². The third kappa shape index (κ3) is 4.03. The second kappa shape index (κ2) is 7.02. The van der Waals surface area contributed by atoms with E-state index in [2.05, 4.69) is 10.6 Å². The van der Waals surface area contributed by atoms with E-state index < -0.39 is 17.6 Å². The normalized spacial score (nSPS) is 10.1. The maximum Gasteiger partial charge on any atom is 0.255 e. The van der Waals surface area contributed by atoms with E-state index >= 15 is 0 Å². The first-order valence-corrected chi connectivity index (χ1v) is 6.74. The van der Waals surface area contributed by atoms with E-state index in [1.54, 1.807) is 6.07 Å². The molecule has 114 valence electrons. The molecule has 0 aromatic heterocycles. The van der Waals surface area contributed by atoms with Gasteiger partial charge >= 0.3 is 0 Å². The molecule has 5 nitrogen and oxygen atoms in total. The van der Waals surface area contributed by atoms with Crippen LogP contribution in [0.2, 0.25) is 5.02 Å². The summed E-state index contributed by atoms with van der Waals surface area (Å²) >= 11 is 5.96. The zero-order valence-electron chi connectivity index (χ0n) is 11.4. The van der Waals surface area contributed by atoms with Crippen molar-refractivity contribution >= 4 is 34.8 Å². The standard InChI is InChI=1S/C15H13ClFN3O2/c16-12-6-5-11(7-13(12)20-14(21)8-18)19-15(22)9-1-3-10(17)4-2-9/h1-7H,8,18H2,(H,19,22)(H,20,21). The Bertz CT molecular complexity index is 704. The molecule has 2 amide bonds. The van der Waals surface area contributed by atoms with Gasteiger partial charge in [0.25, 0.3) is 5.91 Å². The number of nitrogens with two attached hydrogens (primary N) is 1. The number of benzene rings is 2. The highest BCUT2D eigenvalue weighted by Gasteiger charge is 2.09. The Morgan fingerprint density at radius 3 is 2.41 bits per heavy atom. The van der Waals surface area contributed by atoms with Gasteiger partial charge in [-0.15, -0.1) is 0 Å². The van der Waals surface area contributed by atoms with Crippen molar-refractivity contribution < 1.29 is 14.0 Å². The molecule has 0 aliphatic rings. The van der Waals surface area contributed by atoms with E-state index in [0.717, 1.165) is 0 Å². The predicted octanol–water partition coefficient (Wildman–Crippen LogP) is 2.63. The first-order valence-electron chi connectivity index (χ1n) is 6.36. The SMILES string of the molecule is NCC(=O)Nc1cc(NC(=O)c2ccc(F)cc2)ccc1Cl. The van der Waals surface area contributed by atoms with Crippen molar-refractivity contribution in [2.24, 2.45) is 5.73 Å². The lowest BCUT2D eigenvalue weighted by Gasteiger charge is -2.10. The largest absolute Gasteiger partial charge is 0.324 e. The van der Waals surface area contributed by atoms with Crippen LogP contribution in [-0.2, 0) is 4.79 Å². The smallest absolute Gasteiger partial charge is 0.255 e. The summed E-state index contributed by atoms with van der Waals surface area (Å²) < 4.78 is 12.8. The Balaban J connectivity index is 2.15. The average molecular weight is 322 g/mol. The molecular weight excluding hydrogens is 309 g/mol. The molecular formula is C15H13ClFN3O2. The highest BCUT2D eigenvalue weighted by molar-refractivity contribution is 6.33. The third-order valence-electron chi connectivity index (χ3n) is 2.79. The maximum absolute atomic E-state index is 12.8. The monoisotopic (exact) mass is 321 g/mol. The van der Waals surface area contributed by atoms with Crippen LogP contribution in [0.15, 0.2) is 42.5 Å². The number of hydrogen-bond donors (Lipinski definition) is 3. The van der Waals surface area contributed by atoms with Crippen LogP contribution in [0, 0.1) is 5.82 Å². The van der Waals surface area contributed by atoms with Gasteiger partial charge in [-0.05, 0) is 42.5 Å². The molecule has 0 heterocycles. The number of carbonyl (C=O) groups is 2. The molecule has 4 N–H and O–H groups in total. The zero-order valence-corrected chi connectivity index (χ0v) is 12.2. The van der Waals surface area contributed by atoms with Gasteiger partial charge < -0.3 is 16.4 Å². The Labute approximate surface area is 131 Å². The second-order valence-corrected chi connectivity index (χ2v) is 4.82. The summed E-state index contributed by atoms with van der Waals surface area (Å²) in [6.07, 6.45) is 0. The molecule has 0 spiro atoms. The molecule has 0 aliphatic carbocycles. The molecule has 0 bridgehead atoms. The van der Waals surface area contributed by atoms with Crippen LogP contribution in [0.3, 0.4) is 0 Å². The van der Waals surface area contributed by atoms with Crippen LogP contribution in [0.1, 0.15) is 10.4 Å². The minimum atomic E-state index is -0.421. The number of carbonyl (C=O) groups excluding carboxylic acids is 2. The van der Waals surface area contributed by atoms with Gasteiger partial charge in [0.2, 0.25) is 5.91 Å². The molecule has 2 aromatic carbocycles. The van der Waals surface area contributed by atoms with E-state index in [0.29, 0.717) is 22.0 Å². The summed E-state index contributed by atoms with van der Waals surface area (Å²) in [6.45, 7) is -0.178. The molecule has 0 aliphatic heterocycles. The van der Waals surface area contributed by atoms with E-state index in [-0.39, 0.29) is 6.54 Å². The van der Waals surface area contributed by atoms with Crippen LogP contribution in [0.4, 0.5) is 15.8 Å². The zero-order chi connectivity index (χ0) is 16.1. The van der Waals surface area contributed by atoms with Crippen LogP contribution >= 0.6 is 11.6 Å². The van der Waals surface area contributed by atoms with Gasteiger partial charge in [0.1, 0.15) is 5.82 Å². The van der Waals surface area contributed by atoms with E-state index in [1.807, 2.05) is 0 Å². The molecule has 0 atom stereocenters. The van der Waals surface area contributed by atoms with E-state index in [1.165, 1.54) is 36.4 Å². The van der Waals surface area contributed by atoms with Gasteiger partial charge in [-0.3, -0.25) is 9.59 Å². The Kier molecular flexibility index (Phi) is 5.08. The summed E-state index contributed by atoms with van der Waals surface area (Å²) in [5.41, 5.74) is 6.31. The van der Waals surface area contributed by atoms with Gasteiger partial charge in [-0.1, -0.05) is 11.6 Å². The molecule has 0 radical (unpaired) electrons. The van der Waals surface area contributed by atoms with Crippen molar-refractivity contribution in [3.63, 3.8) is 0 Å². The number of anilines is 2. The van der Waals surface area contributed by atoms with Crippen LogP contribution in [0.25, 0.3) is 0 Å². The summed E-state index contributed by atoms with van der Waals surface area (Å²) in [7, 11) is 0.